The van der Waals surface area contributed by atoms with Crippen LogP contribution in [0.3, 0.4) is 0 Å². The summed E-state index contributed by atoms with van der Waals surface area (Å²) in [7, 11) is 0. The van der Waals surface area contributed by atoms with E-state index in [2.05, 4.69) is 10.6 Å². The van der Waals surface area contributed by atoms with Gasteiger partial charge in [0.15, 0.2) is 0 Å². The van der Waals surface area contributed by atoms with Gasteiger partial charge in [-0.15, -0.1) is 0 Å². The second kappa shape index (κ2) is 12.2. The van der Waals surface area contributed by atoms with Gasteiger partial charge >= 0.3 is 5.97 Å². The number of hydrogen-bond donors (Lipinski definition) is 2. The third-order valence-corrected chi connectivity index (χ3v) is 5.07. The van der Waals surface area contributed by atoms with Crippen LogP contribution in [0.5, 0.6) is 0 Å². The summed E-state index contributed by atoms with van der Waals surface area (Å²) < 4.78 is 5.58. The van der Waals surface area contributed by atoms with Crippen LogP contribution in [0.15, 0.2) is 91.0 Å². The molecular formula is C27H28N2O4. The number of ether oxygens (including phenoxy) is 1. The van der Waals surface area contributed by atoms with Crippen molar-refractivity contribution in [1.29, 1.82) is 0 Å². The van der Waals surface area contributed by atoms with Gasteiger partial charge in [0, 0.05) is 18.9 Å². The highest BCUT2D eigenvalue weighted by molar-refractivity contribution is 5.94. The van der Waals surface area contributed by atoms with Gasteiger partial charge in [-0.25, -0.2) is 4.79 Å². The third kappa shape index (κ3) is 7.92. The Balaban J connectivity index is 1.68. The number of benzene rings is 3. The van der Waals surface area contributed by atoms with Gasteiger partial charge in [0.2, 0.25) is 5.91 Å². The zero-order valence-corrected chi connectivity index (χ0v) is 18.6. The number of hydrogen-bond acceptors (Lipinski definition) is 4. The Kier molecular flexibility index (Phi) is 8.77. The molecule has 0 saturated heterocycles. The fourth-order valence-corrected chi connectivity index (χ4v) is 3.48. The van der Waals surface area contributed by atoms with Crippen LogP contribution in [0.1, 0.15) is 28.4 Å². The highest BCUT2D eigenvalue weighted by atomic mass is 16.5. The predicted octanol–water partition coefficient (Wildman–Crippen LogP) is 3.32. The zero-order valence-electron chi connectivity index (χ0n) is 18.6. The van der Waals surface area contributed by atoms with Crippen LogP contribution >= 0.6 is 0 Å². The summed E-state index contributed by atoms with van der Waals surface area (Å²) >= 11 is 0. The molecule has 0 aliphatic carbocycles. The van der Waals surface area contributed by atoms with E-state index in [1.54, 1.807) is 24.3 Å². The van der Waals surface area contributed by atoms with E-state index in [0.29, 0.717) is 18.4 Å². The van der Waals surface area contributed by atoms with Gasteiger partial charge < -0.3 is 15.4 Å². The highest BCUT2D eigenvalue weighted by Crippen LogP contribution is 2.09. The Morgan fingerprint density at radius 3 is 1.79 bits per heavy atom. The van der Waals surface area contributed by atoms with E-state index in [4.69, 9.17) is 4.74 Å². The second-order valence-electron chi connectivity index (χ2n) is 7.80. The minimum Gasteiger partial charge on any atom is -0.462 e. The Morgan fingerprint density at radius 2 is 1.24 bits per heavy atom. The first-order valence-corrected chi connectivity index (χ1v) is 10.9. The van der Waals surface area contributed by atoms with Crippen molar-refractivity contribution >= 4 is 17.8 Å². The maximum absolute atomic E-state index is 12.8. The molecule has 2 atom stereocenters. The molecule has 6 nitrogen and oxygen atoms in total. The lowest BCUT2D eigenvalue weighted by atomic mass is 10.0. The van der Waals surface area contributed by atoms with Crippen molar-refractivity contribution in [2.24, 2.45) is 0 Å². The van der Waals surface area contributed by atoms with Gasteiger partial charge in [0.05, 0.1) is 6.04 Å². The Labute approximate surface area is 194 Å². The molecule has 0 heterocycles. The normalized spacial score (nSPS) is 12.3. The number of esters is 1. The third-order valence-electron chi connectivity index (χ3n) is 5.07. The lowest BCUT2D eigenvalue weighted by Crippen LogP contribution is -2.45. The number of nitrogens with one attached hydrogen (secondary N) is 2. The minimum atomic E-state index is -0.813. The van der Waals surface area contributed by atoms with Crippen molar-refractivity contribution in [1.82, 2.24) is 10.6 Å². The molecule has 0 radical (unpaired) electrons. The summed E-state index contributed by atoms with van der Waals surface area (Å²) in [5.41, 5.74) is 2.45. The van der Waals surface area contributed by atoms with Gasteiger partial charge in [-0.2, -0.15) is 0 Å². The van der Waals surface area contributed by atoms with E-state index in [-0.39, 0.29) is 18.4 Å². The number of amides is 2. The molecule has 0 spiro atoms. The molecule has 0 aliphatic rings. The Bertz CT molecular complexity index is 1040. The van der Waals surface area contributed by atoms with E-state index in [9.17, 15) is 14.4 Å². The molecule has 0 unspecified atom stereocenters. The standard InChI is InChI=1S/C27H28N2O4/c1-20(30)28-25(18-22-13-7-3-8-14-22)27(32)33-19-24(17-21-11-5-2-6-12-21)29-26(31)23-15-9-4-10-16-23/h2-16,24-25H,17-19H2,1H3,(H,28,30)(H,29,31)/t24-,25+/m1/s1. The van der Waals surface area contributed by atoms with Crippen molar-refractivity contribution in [2.75, 3.05) is 6.61 Å². The highest BCUT2D eigenvalue weighted by Gasteiger charge is 2.24. The smallest absolute Gasteiger partial charge is 0.329 e. The van der Waals surface area contributed by atoms with E-state index in [0.717, 1.165) is 11.1 Å². The SMILES string of the molecule is CC(=O)N[C@@H](Cc1ccccc1)C(=O)OC[C@@H](Cc1ccccc1)NC(=O)c1ccccc1. The molecular weight excluding hydrogens is 416 g/mol. The molecule has 0 aliphatic heterocycles. The van der Waals surface area contributed by atoms with Crippen LogP contribution in [0.4, 0.5) is 0 Å². The molecule has 0 aromatic heterocycles. The average Bonchev–Trinajstić information content (AvgIpc) is 2.83. The first kappa shape index (κ1) is 23.7. The van der Waals surface area contributed by atoms with Crippen LogP contribution in [0, 0.1) is 0 Å². The van der Waals surface area contributed by atoms with Gasteiger partial charge in [-0.05, 0) is 29.7 Å². The lowest BCUT2D eigenvalue weighted by Gasteiger charge is -2.22. The molecule has 0 saturated carbocycles. The molecule has 0 fully saturated rings. The first-order chi connectivity index (χ1) is 16.0. The molecule has 3 aromatic rings. The average molecular weight is 445 g/mol. The summed E-state index contributed by atoms with van der Waals surface area (Å²) in [6.07, 6.45) is 0.815. The summed E-state index contributed by atoms with van der Waals surface area (Å²) in [6.45, 7) is 1.35. The zero-order chi connectivity index (χ0) is 23.5. The molecule has 0 bridgehead atoms. The fraction of sp³-hybridized carbons (Fsp3) is 0.222. The van der Waals surface area contributed by atoms with Crippen LogP contribution in [-0.4, -0.2) is 36.5 Å². The van der Waals surface area contributed by atoms with Crippen molar-refractivity contribution in [3.8, 4) is 0 Å². The van der Waals surface area contributed by atoms with Gasteiger partial charge in [-0.3, -0.25) is 9.59 Å². The van der Waals surface area contributed by atoms with Crippen LogP contribution < -0.4 is 10.6 Å². The number of carbonyl (C=O) groups is 3. The fourth-order valence-electron chi connectivity index (χ4n) is 3.48. The van der Waals surface area contributed by atoms with Crippen molar-refractivity contribution in [2.45, 2.75) is 31.8 Å². The molecule has 2 amide bonds. The summed E-state index contributed by atoms with van der Waals surface area (Å²) in [4.78, 5) is 37.2. The maximum atomic E-state index is 12.8. The molecule has 3 rings (SSSR count). The first-order valence-electron chi connectivity index (χ1n) is 10.9. The van der Waals surface area contributed by atoms with E-state index < -0.39 is 18.1 Å². The van der Waals surface area contributed by atoms with E-state index in [1.165, 1.54) is 6.92 Å². The number of rotatable bonds is 10. The minimum absolute atomic E-state index is 0.0167. The lowest BCUT2D eigenvalue weighted by molar-refractivity contribution is -0.148. The Morgan fingerprint density at radius 1 is 0.727 bits per heavy atom. The van der Waals surface area contributed by atoms with Gasteiger partial charge in [0.25, 0.3) is 5.91 Å². The molecule has 170 valence electrons. The quantitative estimate of drug-likeness (QED) is 0.470. The van der Waals surface area contributed by atoms with Crippen molar-refractivity contribution in [3.63, 3.8) is 0 Å². The number of carbonyl (C=O) groups excluding carboxylic acids is 3. The Hall–Kier alpha value is -3.93. The van der Waals surface area contributed by atoms with Gasteiger partial charge in [-0.1, -0.05) is 78.9 Å². The maximum Gasteiger partial charge on any atom is 0.329 e. The predicted molar refractivity (Wildman–Crippen MR) is 127 cm³/mol. The largest absolute Gasteiger partial charge is 0.462 e. The van der Waals surface area contributed by atoms with Crippen molar-refractivity contribution < 1.29 is 19.1 Å². The molecule has 33 heavy (non-hydrogen) atoms. The topological polar surface area (TPSA) is 84.5 Å². The van der Waals surface area contributed by atoms with E-state index in [1.807, 2.05) is 66.7 Å². The molecule has 2 N–H and O–H groups in total. The second-order valence-corrected chi connectivity index (χ2v) is 7.80. The van der Waals surface area contributed by atoms with Crippen LogP contribution in [-0.2, 0) is 27.2 Å². The molecule has 6 heteroatoms. The monoisotopic (exact) mass is 444 g/mol. The summed E-state index contributed by atoms with van der Waals surface area (Å²) in [6, 6.07) is 26.7. The summed E-state index contributed by atoms with van der Waals surface area (Å²) in [5, 5.41) is 5.63. The van der Waals surface area contributed by atoms with Crippen molar-refractivity contribution in [3.05, 3.63) is 108 Å². The van der Waals surface area contributed by atoms with Gasteiger partial charge in [0.1, 0.15) is 12.6 Å². The van der Waals surface area contributed by atoms with Crippen LogP contribution in [0.2, 0.25) is 0 Å². The van der Waals surface area contributed by atoms with E-state index >= 15 is 0 Å². The van der Waals surface area contributed by atoms with Crippen LogP contribution in [0.25, 0.3) is 0 Å². The molecule has 3 aromatic carbocycles. The summed E-state index contributed by atoms with van der Waals surface area (Å²) in [5.74, 6) is -1.09.